The smallest absolute Gasteiger partial charge is 0.325 e. The Balaban J connectivity index is 2.38. The Morgan fingerprint density at radius 3 is 2.33 bits per heavy atom. The molecule has 0 heterocycles. The lowest BCUT2D eigenvalue weighted by Gasteiger charge is -2.25. The second-order valence-electron chi connectivity index (χ2n) is 4.43. The first-order valence-electron chi connectivity index (χ1n) is 5.24. The molecular weight excluding hydrogens is 196 g/mol. The molecule has 0 aromatic rings. The lowest BCUT2D eigenvalue weighted by molar-refractivity contribution is -0.138. The summed E-state index contributed by atoms with van der Waals surface area (Å²) in [7, 11) is 0. The first-order valence-corrected chi connectivity index (χ1v) is 5.24. The van der Waals surface area contributed by atoms with E-state index in [4.69, 9.17) is 5.11 Å². The summed E-state index contributed by atoms with van der Waals surface area (Å²) in [5, 5.41) is 13.8. The average Bonchev–Trinajstić information content (AvgIpc) is 2.50. The van der Waals surface area contributed by atoms with Crippen molar-refractivity contribution in [3.8, 4) is 0 Å². The molecule has 0 aromatic heterocycles. The van der Waals surface area contributed by atoms with Crippen LogP contribution in [0.25, 0.3) is 0 Å². The quantitative estimate of drug-likeness (QED) is 0.658. The lowest BCUT2D eigenvalue weighted by Crippen LogP contribution is -2.52. The number of urea groups is 1. The highest BCUT2D eigenvalue weighted by atomic mass is 16.4. The van der Waals surface area contributed by atoms with Gasteiger partial charge in [0.25, 0.3) is 0 Å². The van der Waals surface area contributed by atoms with Crippen LogP contribution in [0.3, 0.4) is 0 Å². The summed E-state index contributed by atoms with van der Waals surface area (Å²) in [5.41, 5.74) is -0.164. The van der Waals surface area contributed by atoms with Crippen molar-refractivity contribution in [3.05, 3.63) is 0 Å². The first-order chi connectivity index (χ1) is 6.93. The molecule has 15 heavy (non-hydrogen) atoms. The largest absolute Gasteiger partial charge is 0.480 e. The summed E-state index contributed by atoms with van der Waals surface area (Å²) in [6.07, 6.45) is 4.15. The minimum absolute atomic E-state index is 0.164. The van der Waals surface area contributed by atoms with Crippen molar-refractivity contribution >= 4 is 12.0 Å². The van der Waals surface area contributed by atoms with E-state index in [0.717, 1.165) is 25.7 Å². The molecule has 0 radical (unpaired) electrons. The summed E-state index contributed by atoms with van der Waals surface area (Å²) in [4.78, 5) is 21.9. The fourth-order valence-corrected chi connectivity index (χ4v) is 1.85. The average molecular weight is 214 g/mol. The van der Waals surface area contributed by atoms with Crippen LogP contribution in [0.15, 0.2) is 0 Å². The van der Waals surface area contributed by atoms with Gasteiger partial charge in [0.2, 0.25) is 0 Å². The normalized spacial score (nSPS) is 20.7. The molecule has 2 amide bonds. The molecule has 0 spiro atoms. The monoisotopic (exact) mass is 214 g/mol. The topological polar surface area (TPSA) is 78.4 Å². The highest BCUT2D eigenvalue weighted by Crippen LogP contribution is 2.28. The Morgan fingerprint density at radius 1 is 1.33 bits per heavy atom. The molecular formula is C10H18N2O3. The molecule has 5 nitrogen and oxygen atoms in total. The fourth-order valence-electron chi connectivity index (χ4n) is 1.85. The standard InChI is InChI=1S/C10H18N2O3/c1-7(8(13)14)11-9(15)12-10(2)5-3-4-6-10/h7H,3-6H2,1-2H3,(H,13,14)(H2,11,12,15)/t7-/m0/s1. The third-order valence-electron chi connectivity index (χ3n) is 2.84. The van der Waals surface area contributed by atoms with Gasteiger partial charge in [-0.1, -0.05) is 12.8 Å². The SMILES string of the molecule is C[C@H](NC(=O)NC1(C)CCCC1)C(=O)O. The Labute approximate surface area is 89.2 Å². The molecule has 1 aliphatic rings. The van der Waals surface area contributed by atoms with Crippen molar-refractivity contribution in [3.63, 3.8) is 0 Å². The number of aliphatic carboxylic acids is 1. The van der Waals surface area contributed by atoms with Crippen LogP contribution in [0.1, 0.15) is 39.5 Å². The van der Waals surface area contributed by atoms with Crippen LogP contribution >= 0.6 is 0 Å². The number of nitrogens with one attached hydrogen (secondary N) is 2. The highest BCUT2D eigenvalue weighted by molar-refractivity contribution is 5.82. The lowest BCUT2D eigenvalue weighted by atomic mass is 10.0. The van der Waals surface area contributed by atoms with Gasteiger partial charge in [-0.05, 0) is 26.7 Å². The van der Waals surface area contributed by atoms with Crippen molar-refractivity contribution in [2.45, 2.75) is 51.1 Å². The first kappa shape index (κ1) is 11.8. The second kappa shape index (κ2) is 4.51. The number of carbonyl (C=O) groups excluding carboxylic acids is 1. The van der Waals surface area contributed by atoms with E-state index < -0.39 is 18.0 Å². The van der Waals surface area contributed by atoms with E-state index in [1.165, 1.54) is 6.92 Å². The zero-order valence-electron chi connectivity index (χ0n) is 9.17. The molecule has 3 N–H and O–H groups in total. The number of hydrogen-bond donors (Lipinski definition) is 3. The van der Waals surface area contributed by atoms with Gasteiger partial charge in [-0.15, -0.1) is 0 Å². The fraction of sp³-hybridized carbons (Fsp3) is 0.800. The van der Waals surface area contributed by atoms with Crippen molar-refractivity contribution in [1.82, 2.24) is 10.6 Å². The van der Waals surface area contributed by atoms with Gasteiger partial charge in [0.15, 0.2) is 0 Å². The Hall–Kier alpha value is -1.26. The van der Waals surface area contributed by atoms with Crippen LogP contribution in [0.5, 0.6) is 0 Å². The van der Waals surface area contributed by atoms with E-state index in [2.05, 4.69) is 10.6 Å². The summed E-state index contributed by atoms with van der Waals surface area (Å²) >= 11 is 0. The Kier molecular flexibility index (Phi) is 3.55. The minimum Gasteiger partial charge on any atom is -0.480 e. The number of carboxylic acid groups (broad SMARTS) is 1. The zero-order chi connectivity index (χ0) is 11.5. The van der Waals surface area contributed by atoms with Crippen molar-refractivity contribution < 1.29 is 14.7 Å². The maximum atomic E-state index is 11.4. The van der Waals surface area contributed by atoms with Gasteiger partial charge < -0.3 is 15.7 Å². The van der Waals surface area contributed by atoms with Crippen LogP contribution in [-0.4, -0.2) is 28.7 Å². The summed E-state index contributed by atoms with van der Waals surface area (Å²) in [6.45, 7) is 3.43. The molecule has 86 valence electrons. The van der Waals surface area contributed by atoms with Gasteiger partial charge in [0.05, 0.1) is 0 Å². The van der Waals surface area contributed by atoms with Crippen LogP contribution in [0.4, 0.5) is 4.79 Å². The van der Waals surface area contributed by atoms with Crippen molar-refractivity contribution in [1.29, 1.82) is 0 Å². The molecule has 1 atom stereocenters. The van der Waals surface area contributed by atoms with Crippen molar-refractivity contribution in [2.24, 2.45) is 0 Å². The number of carboxylic acids is 1. The van der Waals surface area contributed by atoms with Crippen LogP contribution in [-0.2, 0) is 4.79 Å². The van der Waals surface area contributed by atoms with E-state index in [1.807, 2.05) is 6.92 Å². The van der Waals surface area contributed by atoms with Gasteiger partial charge in [0, 0.05) is 5.54 Å². The van der Waals surface area contributed by atoms with Gasteiger partial charge in [-0.25, -0.2) is 4.79 Å². The minimum atomic E-state index is -1.03. The molecule has 0 bridgehead atoms. The van der Waals surface area contributed by atoms with Gasteiger partial charge in [0.1, 0.15) is 6.04 Å². The molecule has 5 heteroatoms. The molecule has 0 aliphatic heterocycles. The van der Waals surface area contributed by atoms with E-state index in [1.54, 1.807) is 0 Å². The highest BCUT2D eigenvalue weighted by Gasteiger charge is 2.30. The summed E-state index contributed by atoms with van der Waals surface area (Å²) in [5.74, 6) is -1.03. The predicted octanol–water partition coefficient (Wildman–Crippen LogP) is 1.09. The van der Waals surface area contributed by atoms with E-state index >= 15 is 0 Å². The van der Waals surface area contributed by atoms with Crippen LogP contribution < -0.4 is 10.6 Å². The number of amides is 2. The molecule has 0 aromatic carbocycles. The second-order valence-corrected chi connectivity index (χ2v) is 4.43. The summed E-state index contributed by atoms with van der Waals surface area (Å²) in [6, 6.07) is -1.25. The Morgan fingerprint density at radius 2 is 1.87 bits per heavy atom. The zero-order valence-corrected chi connectivity index (χ0v) is 9.17. The maximum absolute atomic E-state index is 11.4. The van der Waals surface area contributed by atoms with E-state index in [9.17, 15) is 9.59 Å². The molecule has 1 fully saturated rings. The van der Waals surface area contributed by atoms with Crippen LogP contribution in [0, 0.1) is 0 Å². The summed E-state index contributed by atoms with van der Waals surface area (Å²) < 4.78 is 0. The molecule has 1 rings (SSSR count). The van der Waals surface area contributed by atoms with Gasteiger partial charge in [-0.2, -0.15) is 0 Å². The number of carbonyl (C=O) groups is 2. The molecule has 0 saturated heterocycles. The number of rotatable bonds is 3. The van der Waals surface area contributed by atoms with Gasteiger partial charge in [-0.3, -0.25) is 4.79 Å². The predicted molar refractivity (Wildman–Crippen MR) is 55.6 cm³/mol. The van der Waals surface area contributed by atoms with E-state index in [0.29, 0.717) is 0 Å². The third-order valence-corrected chi connectivity index (χ3v) is 2.84. The van der Waals surface area contributed by atoms with Crippen molar-refractivity contribution in [2.75, 3.05) is 0 Å². The van der Waals surface area contributed by atoms with Crippen LogP contribution in [0.2, 0.25) is 0 Å². The maximum Gasteiger partial charge on any atom is 0.325 e. The van der Waals surface area contributed by atoms with E-state index in [-0.39, 0.29) is 5.54 Å². The third kappa shape index (κ3) is 3.42. The number of hydrogen-bond acceptors (Lipinski definition) is 2. The van der Waals surface area contributed by atoms with Gasteiger partial charge >= 0.3 is 12.0 Å². The molecule has 0 unspecified atom stereocenters. The molecule has 1 saturated carbocycles. The Bertz CT molecular complexity index is 259. The molecule has 1 aliphatic carbocycles.